The van der Waals surface area contributed by atoms with Crippen LogP contribution in [-0.2, 0) is 0 Å². The van der Waals surface area contributed by atoms with Crippen molar-refractivity contribution in [3.05, 3.63) is 48.5 Å². The first-order valence-electron chi connectivity index (χ1n) is 6.55. The van der Waals surface area contributed by atoms with Crippen LogP contribution in [0.1, 0.15) is 13.3 Å². The Morgan fingerprint density at radius 3 is 2.84 bits per heavy atom. The van der Waals surface area contributed by atoms with E-state index in [1.165, 1.54) is 0 Å². The molecule has 0 aliphatic carbocycles. The van der Waals surface area contributed by atoms with Crippen LogP contribution in [0, 0.1) is 0 Å². The molecule has 3 aromatic rings. The molecule has 0 unspecified atom stereocenters. The number of hydrogen-bond donors (Lipinski definition) is 1. The van der Waals surface area contributed by atoms with Gasteiger partial charge in [0.1, 0.15) is 11.6 Å². The van der Waals surface area contributed by atoms with Gasteiger partial charge in [0.25, 0.3) is 0 Å². The summed E-state index contributed by atoms with van der Waals surface area (Å²) in [5.41, 5.74) is 3.08. The molecule has 19 heavy (non-hydrogen) atoms. The van der Waals surface area contributed by atoms with Crippen molar-refractivity contribution in [2.24, 2.45) is 0 Å². The second-order valence-corrected chi connectivity index (χ2v) is 4.48. The molecule has 0 amide bonds. The van der Waals surface area contributed by atoms with Crippen molar-refractivity contribution < 1.29 is 4.74 Å². The Morgan fingerprint density at radius 2 is 2.00 bits per heavy atom. The summed E-state index contributed by atoms with van der Waals surface area (Å²) < 4.78 is 5.65. The molecule has 0 aliphatic heterocycles. The number of aromatic nitrogens is 2. The number of hydrogen-bond acceptors (Lipinski definition) is 2. The predicted octanol–water partition coefficient (Wildman–Crippen LogP) is 4.02. The van der Waals surface area contributed by atoms with Gasteiger partial charge in [-0.1, -0.05) is 31.2 Å². The molecule has 0 radical (unpaired) electrons. The molecule has 1 heterocycles. The van der Waals surface area contributed by atoms with E-state index >= 15 is 0 Å². The number of nitrogens with zero attached hydrogens (tertiary/aromatic N) is 1. The van der Waals surface area contributed by atoms with E-state index in [0.29, 0.717) is 0 Å². The zero-order valence-corrected chi connectivity index (χ0v) is 10.9. The Kier molecular flexibility index (Phi) is 3.19. The van der Waals surface area contributed by atoms with Gasteiger partial charge in [-0.15, -0.1) is 0 Å². The average molecular weight is 252 g/mol. The van der Waals surface area contributed by atoms with Gasteiger partial charge in [0.2, 0.25) is 0 Å². The Balaban J connectivity index is 1.96. The van der Waals surface area contributed by atoms with Crippen LogP contribution in [0.3, 0.4) is 0 Å². The van der Waals surface area contributed by atoms with Crippen LogP contribution in [0.5, 0.6) is 5.75 Å². The third-order valence-corrected chi connectivity index (χ3v) is 2.97. The van der Waals surface area contributed by atoms with Crippen molar-refractivity contribution in [3.63, 3.8) is 0 Å². The highest BCUT2D eigenvalue weighted by Crippen LogP contribution is 2.24. The van der Waals surface area contributed by atoms with Crippen molar-refractivity contribution in [2.45, 2.75) is 13.3 Å². The third kappa shape index (κ3) is 2.45. The van der Waals surface area contributed by atoms with Crippen LogP contribution >= 0.6 is 0 Å². The maximum Gasteiger partial charge on any atom is 0.138 e. The van der Waals surface area contributed by atoms with Gasteiger partial charge in [0.05, 0.1) is 17.6 Å². The van der Waals surface area contributed by atoms with E-state index in [4.69, 9.17) is 4.74 Å². The third-order valence-electron chi connectivity index (χ3n) is 2.97. The normalized spacial score (nSPS) is 10.8. The highest BCUT2D eigenvalue weighted by atomic mass is 16.5. The fourth-order valence-corrected chi connectivity index (χ4v) is 2.04. The molecule has 0 saturated heterocycles. The second kappa shape index (κ2) is 5.14. The first-order valence-corrected chi connectivity index (χ1v) is 6.55. The summed E-state index contributed by atoms with van der Waals surface area (Å²) in [6, 6.07) is 16.1. The molecule has 3 heteroatoms. The lowest BCUT2D eigenvalue weighted by atomic mass is 10.2. The highest BCUT2D eigenvalue weighted by molar-refractivity contribution is 5.79. The van der Waals surface area contributed by atoms with Gasteiger partial charge in [0.15, 0.2) is 0 Å². The maximum absolute atomic E-state index is 5.65. The fraction of sp³-hybridized carbons (Fsp3) is 0.188. The van der Waals surface area contributed by atoms with E-state index < -0.39 is 0 Å². The Hall–Kier alpha value is -2.29. The van der Waals surface area contributed by atoms with Crippen LogP contribution in [0.15, 0.2) is 48.5 Å². The first kappa shape index (κ1) is 11.8. The molecule has 2 aromatic carbocycles. The van der Waals surface area contributed by atoms with Crippen LogP contribution < -0.4 is 4.74 Å². The Labute approximate surface area is 112 Å². The summed E-state index contributed by atoms with van der Waals surface area (Å²) in [6.45, 7) is 2.84. The second-order valence-electron chi connectivity index (χ2n) is 4.48. The summed E-state index contributed by atoms with van der Waals surface area (Å²) in [5.74, 6) is 1.77. The minimum Gasteiger partial charge on any atom is -0.494 e. The van der Waals surface area contributed by atoms with Gasteiger partial charge >= 0.3 is 0 Å². The molecule has 0 saturated carbocycles. The molecule has 0 aliphatic rings. The van der Waals surface area contributed by atoms with E-state index in [2.05, 4.69) is 16.9 Å². The number of aromatic amines is 1. The SMILES string of the molecule is CCCOc1cccc(-c2nc3ccccc3[nH]2)c1. The van der Waals surface area contributed by atoms with Gasteiger partial charge in [-0.3, -0.25) is 0 Å². The van der Waals surface area contributed by atoms with Gasteiger partial charge in [0, 0.05) is 5.56 Å². The standard InChI is InChI=1S/C16H16N2O/c1-2-10-19-13-7-5-6-12(11-13)16-17-14-8-3-4-9-15(14)18-16/h3-9,11H,2,10H2,1H3,(H,17,18). The lowest BCUT2D eigenvalue weighted by molar-refractivity contribution is 0.317. The molecular weight excluding hydrogens is 236 g/mol. The zero-order valence-electron chi connectivity index (χ0n) is 10.9. The van der Waals surface area contributed by atoms with Crippen LogP contribution in [0.4, 0.5) is 0 Å². The van der Waals surface area contributed by atoms with Crippen molar-refractivity contribution in [3.8, 4) is 17.1 Å². The quantitative estimate of drug-likeness (QED) is 0.761. The van der Waals surface area contributed by atoms with Crippen molar-refractivity contribution >= 4 is 11.0 Å². The summed E-state index contributed by atoms with van der Waals surface area (Å²) in [5, 5.41) is 0. The molecule has 3 nitrogen and oxygen atoms in total. The number of fused-ring (bicyclic) bond motifs is 1. The minimum atomic E-state index is 0.740. The summed E-state index contributed by atoms with van der Waals surface area (Å²) in [4.78, 5) is 7.92. The van der Waals surface area contributed by atoms with Crippen molar-refractivity contribution in [2.75, 3.05) is 6.61 Å². The van der Waals surface area contributed by atoms with Gasteiger partial charge in [-0.05, 0) is 30.7 Å². The van der Waals surface area contributed by atoms with E-state index in [9.17, 15) is 0 Å². The number of nitrogens with one attached hydrogen (secondary N) is 1. The van der Waals surface area contributed by atoms with Gasteiger partial charge in [-0.25, -0.2) is 4.98 Å². The largest absolute Gasteiger partial charge is 0.494 e. The fourth-order valence-electron chi connectivity index (χ4n) is 2.04. The lowest BCUT2D eigenvalue weighted by Crippen LogP contribution is -1.94. The molecule has 1 N–H and O–H groups in total. The molecule has 0 spiro atoms. The lowest BCUT2D eigenvalue weighted by Gasteiger charge is -2.05. The number of benzene rings is 2. The minimum absolute atomic E-state index is 0.740. The predicted molar refractivity (Wildman–Crippen MR) is 77.3 cm³/mol. The molecule has 0 bridgehead atoms. The summed E-state index contributed by atoms with van der Waals surface area (Å²) >= 11 is 0. The molecular formula is C16H16N2O. The van der Waals surface area contributed by atoms with Crippen LogP contribution in [0.2, 0.25) is 0 Å². The number of ether oxygens (including phenoxy) is 1. The van der Waals surface area contributed by atoms with E-state index in [0.717, 1.165) is 41.2 Å². The monoisotopic (exact) mass is 252 g/mol. The maximum atomic E-state index is 5.65. The Morgan fingerprint density at radius 1 is 1.11 bits per heavy atom. The topological polar surface area (TPSA) is 37.9 Å². The molecule has 3 rings (SSSR count). The van der Waals surface area contributed by atoms with E-state index in [1.807, 2.05) is 48.5 Å². The number of rotatable bonds is 4. The Bertz CT molecular complexity index is 655. The van der Waals surface area contributed by atoms with Crippen LogP contribution in [-0.4, -0.2) is 16.6 Å². The average Bonchev–Trinajstić information content (AvgIpc) is 2.89. The van der Waals surface area contributed by atoms with Crippen LogP contribution in [0.25, 0.3) is 22.4 Å². The number of imidazole rings is 1. The van der Waals surface area contributed by atoms with Crippen molar-refractivity contribution in [1.29, 1.82) is 0 Å². The first-order chi connectivity index (χ1) is 9.36. The number of para-hydroxylation sites is 2. The van der Waals surface area contributed by atoms with Crippen molar-refractivity contribution in [1.82, 2.24) is 9.97 Å². The summed E-state index contributed by atoms with van der Waals surface area (Å²) in [7, 11) is 0. The number of H-pyrrole nitrogens is 1. The highest BCUT2D eigenvalue weighted by Gasteiger charge is 2.05. The molecule has 1 aromatic heterocycles. The molecule has 96 valence electrons. The molecule has 0 atom stereocenters. The van der Waals surface area contributed by atoms with Gasteiger partial charge < -0.3 is 9.72 Å². The smallest absolute Gasteiger partial charge is 0.138 e. The zero-order chi connectivity index (χ0) is 13.1. The van der Waals surface area contributed by atoms with E-state index in [-0.39, 0.29) is 0 Å². The molecule has 0 fully saturated rings. The van der Waals surface area contributed by atoms with Gasteiger partial charge in [-0.2, -0.15) is 0 Å². The summed E-state index contributed by atoms with van der Waals surface area (Å²) in [6.07, 6.45) is 1.01. The van der Waals surface area contributed by atoms with E-state index in [1.54, 1.807) is 0 Å².